The summed E-state index contributed by atoms with van der Waals surface area (Å²) in [5.74, 6) is 1.58. The highest BCUT2D eigenvalue weighted by molar-refractivity contribution is 5.36. The van der Waals surface area contributed by atoms with Gasteiger partial charge in [-0.2, -0.15) is 15.0 Å². The fourth-order valence-corrected chi connectivity index (χ4v) is 2.28. The molecule has 1 fully saturated rings. The molecule has 2 rings (SSSR count). The summed E-state index contributed by atoms with van der Waals surface area (Å²) in [6.45, 7) is 6.62. The van der Waals surface area contributed by atoms with Crippen molar-refractivity contribution >= 4 is 11.9 Å². The van der Waals surface area contributed by atoms with E-state index in [0.29, 0.717) is 24.5 Å². The van der Waals surface area contributed by atoms with Crippen LogP contribution in [0.3, 0.4) is 0 Å². The fourth-order valence-electron chi connectivity index (χ4n) is 2.28. The lowest BCUT2D eigenvalue weighted by atomic mass is 9.96. The molecule has 0 saturated carbocycles. The van der Waals surface area contributed by atoms with Gasteiger partial charge < -0.3 is 15.4 Å². The Balaban J connectivity index is 2.16. The van der Waals surface area contributed by atoms with Gasteiger partial charge in [0.15, 0.2) is 0 Å². The van der Waals surface area contributed by atoms with Crippen LogP contribution >= 0.6 is 0 Å². The molecule has 2 N–H and O–H groups in total. The Kier molecular flexibility index (Phi) is 4.17. The van der Waals surface area contributed by atoms with Crippen molar-refractivity contribution in [1.82, 2.24) is 15.0 Å². The molecule has 1 saturated heterocycles. The number of hydrogen-bond donors (Lipinski definition) is 1. The number of nitrogens with two attached hydrogens (primary N) is 1. The Morgan fingerprint density at radius 1 is 1.33 bits per heavy atom. The minimum Gasteiger partial charge on any atom is -0.464 e. The summed E-state index contributed by atoms with van der Waals surface area (Å²) in [7, 11) is 0. The van der Waals surface area contributed by atoms with Crippen molar-refractivity contribution in [3.8, 4) is 6.01 Å². The van der Waals surface area contributed by atoms with E-state index in [9.17, 15) is 0 Å². The van der Waals surface area contributed by atoms with Crippen LogP contribution in [0.15, 0.2) is 0 Å². The first-order chi connectivity index (χ1) is 8.72. The number of nitrogen functional groups attached to an aromatic ring is 1. The molecule has 100 valence electrons. The van der Waals surface area contributed by atoms with E-state index in [4.69, 9.17) is 10.5 Å². The van der Waals surface area contributed by atoms with Crippen LogP contribution in [0.2, 0.25) is 0 Å². The molecule has 1 aromatic heterocycles. The van der Waals surface area contributed by atoms with Crippen molar-refractivity contribution in [2.45, 2.75) is 33.1 Å². The monoisotopic (exact) mass is 251 g/mol. The second-order valence-corrected chi connectivity index (χ2v) is 4.57. The van der Waals surface area contributed by atoms with E-state index in [0.717, 1.165) is 13.1 Å². The normalized spacial score (nSPS) is 19.9. The average molecular weight is 251 g/mol. The summed E-state index contributed by atoms with van der Waals surface area (Å²) >= 11 is 0. The lowest BCUT2D eigenvalue weighted by Gasteiger charge is -2.32. The lowest BCUT2D eigenvalue weighted by molar-refractivity contribution is 0.311. The highest BCUT2D eigenvalue weighted by Gasteiger charge is 2.21. The Morgan fingerprint density at radius 2 is 2.17 bits per heavy atom. The van der Waals surface area contributed by atoms with Crippen molar-refractivity contribution in [3.63, 3.8) is 0 Å². The molecule has 2 heterocycles. The van der Waals surface area contributed by atoms with Gasteiger partial charge in [0, 0.05) is 13.1 Å². The summed E-state index contributed by atoms with van der Waals surface area (Å²) in [6.07, 6.45) is 3.65. The molecule has 0 spiro atoms. The number of hydrogen-bond acceptors (Lipinski definition) is 6. The van der Waals surface area contributed by atoms with Crippen LogP contribution < -0.4 is 15.4 Å². The molecule has 1 atom stereocenters. The molecular formula is C12H21N5O. The molecule has 0 amide bonds. The van der Waals surface area contributed by atoms with Gasteiger partial charge in [-0.25, -0.2) is 0 Å². The SMILES string of the molecule is CCOc1nc(N)nc(N2CCCC(CC)C2)n1. The second kappa shape index (κ2) is 5.84. The summed E-state index contributed by atoms with van der Waals surface area (Å²) in [4.78, 5) is 14.7. The highest BCUT2D eigenvalue weighted by atomic mass is 16.5. The molecule has 0 aliphatic carbocycles. The zero-order valence-corrected chi connectivity index (χ0v) is 11.1. The van der Waals surface area contributed by atoms with E-state index in [1.54, 1.807) is 0 Å². The predicted octanol–water partition coefficient (Wildman–Crippen LogP) is 1.48. The van der Waals surface area contributed by atoms with E-state index in [2.05, 4.69) is 26.8 Å². The van der Waals surface area contributed by atoms with Gasteiger partial charge in [-0.15, -0.1) is 0 Å². The van der Waals surface area contributed by atoms with Crippen LogP contribution in [0, 0.1) is 5.92 Å². The van der Waals surface area contributed by atoms with Gasteiger partial charge in [-0.1, -0.05) is 13.3 Å². The largest absolute Gasteiger partial charge is 0.464 e. The maximum Gasteiger partial charge on any atom is 0.323 e. The third kappa shape index (κ3) is 3.00. The Morgan fingerprint density at radius 3 is 2.89 bits per heavy atom. The first kappa shape index (κ1) is 12.9. The Hall–Kier alpha value is -1.59. The third-order valence-electron chi connectivity index (χ3n) is 3.27. The first-order valence-electron chi connectivity index (χ1n) is 6.62. The van der Waals surface area contributed by atoms with Crippen molar-refractivity contribution in [3.05, 3.63) is 0 Å². The number of anilines is 2. The zero-order valence-electron chi connectivity index (χ0n) is 11.1. The molecule has 1 aliphatic rings. The number of ether oxygens (including phenoxy) is 1. The fraction of sp³-hybridized carbons (Fsp3) is 0.750. The van der Waals surface area contributed by atoms with Gasteiger partial charge >= 0.3 is 6.01 Å². The quantitative estimate of drug-likeness (QED) is 0.873. The van der Waals surface area contributed by atoms with E-state index in [1.165, 1.54) is 19.3 Å². The summed E-state index contributed by atoms with van der Waals surface area (Å²) in [6, 6.07) is 0.318. The number of nitrogens with zero attached hydrogens (tertiary/aromatic N) is 4. The van der Waals surface area contributed by atoms with E-state index in [-0.39, 0.29) is 5.95 Å². The Labute approximate surface area is 108 Å². The number of rotatable bonds is 4. The molecule has 1 aromatic rings. The molecular weight excluding hydrogens is 230 g/mol. The zero-order chi connectivity index (χ0) is 13.0. The Bertz CT molecular complexity index is 398. The van der Waals surface area contributed by atoms with Crippen molar-refractivity contribution in [1.29, 1.82) is 0 Å². The maximum absolute atomic E-state index is 5.69. The maximum atomic E-state index is 5.69. The van der Waals surface area contributed by atoms with Gasteiger partial charge in [0.1, 0.15) is 0 Å². The minimum absolute atomic E-state index is 0.224. The third-order valence-corrected chi connectivity index (χ3v) is 3.27. The van der Waals surface area contributed by atoms with Gasteiger partial charge in [0.2, 0.25) is 11.9 Å². The van der Waals surface area contributed by atoms with Crippen LogP contribution in [-0.2, 0) is 0 Å². The summed E-state index contributed by atoms with van der Waals surface area (Å²) in [5, 5.41) is 0. The van der Waals surface area contributed by atoms with Crippen LogP contribution in [-0.4, -0.2) is 34.6 Å². The summed E-state index contributed by atoms with van der Waals surface area (Å²) in [5.41, 5.74) is 5.69. The average Bonchev–Trinajstić information content (AvgIpc) is 2.38. The van der Waals surface area contributed by atoms with Crippen molar-refractivity contribution in [2.75, 3.05) is 30.3 Å². The molecule has 18 heavy (non-hydrogen) atoms. The van der Waals surface area contributed by atoms with Crippen LogP contribution in [0.1, 0.15) is 33.1 Å². The number of piperidine rings is 1. The van der Waals surface area contributed by atoms with E-state index >= 15 is 0 Å². The lowest BCUT2D eigenvalue weighted by Crippen LogP contribution is -2.36. The molecule has 0 aromatic carbocycles. The van der Waals surface area contributed by atoms with Crippen molar-refractivity contribution in [2.24, 2.45) is 5.92 Å². The smallest absolute Gasteiger partial charge is 0.323 e. The minimum atomic E-state index is 0.224. The highest BCUT2D eigenvalue weighted by Crippen LogP contribution is 2.23. The van der Waals surface area contributed by atoms with Gasteiger partial charge in [0.05, 0.1) is 6.61 Å². The molecule has 6 nitrogen and oxygen atoms in total. The van der Waals surface area contributed by atoms with Gasteiger partial charge in [-0.3, -0.25) is 0 Å². The standard InChI is InChI=1S/C12H21N5O/c1-3-9-6-5-7-17(8-9)11-14-10(13)15-12(16-11)18-4-2/h9H,3-8H2,1-2H3,(H2,13,14,15,16). The molecule has 1 aliphatic heterocycles. The van der Waals surface area contributed by atoms with Crippen LogP contribution in [0.25, 0.3) is 0 Å². The van der Waals surface area contributed by atoms with E-state index in [1.807, 2.05) is 6.92 Å². The number of aromatic nitrogens is 3. The summed E-state index contributed by atoms with van der Waals surface area (Å²) < 4.78 is 5.30. The van der Waals surface area contributed by atoms with Crippen molar-refractivity contribution < 1.29 is 4.74 Å². The predicted molar refractivity (Wildman–Crippen MR) is 70.6 cm³/mol. The molecule has 6 heteroatoms. The van der Waals surface area contributed by atoms with Crippen LogP contribution in [0.5, 0.6) is 6.01 Å². The molecule has 0 radical (unpaired) electrons. The van der Waals surface area contributed by atoms with E-state index < -0.39 is 0 Å². The second-order valence-electron chi connectivity index (χ2n) is 4.57. The van der Waals surface area contributed by atoms with Gasteiger partial charge in [0.25, 0.3) is 0 Å². The molecule has 0 bridgehead atoms. The first-order valence-corrected chi connectivity index (χ1v) is 6.62. The molecule has 1 unspecified atom stereocenters. The van der Waals surface area contributed by atoms with Crippen LogP contribution in [0.4, 0.5) is 11.9 Å². The van der Waals surface area contributed by atoms with Gasteiger partial charge in [-0.05, 0) is 25.7 Å². The topological polar surface area (TPSA) is 77.2 Å².